The standard InChI is InChI=1S/C25H49O8P/c1-3-5-7-9-11-12-14-16-18-20-25(27)33-23(22-32-34(28,29)30)21-31-24(26)19-17-15-13-10-8-6-4-2/h23H,3-22H2,1-2H3,(H2,28,29,30)/t23-/m1/s1. The van der Waals surface area contributed by atoms with Crippen LogP contribution in [0.5, 0.6) is 0 Å². The second-order valence-electron chi connectivity index (χ2n) is 9.03. The fourth-order valence-electron chi connectivity index (χ4n) is 3.61. The molecule has 0 amide bonds. The molecule has 0 aliphatic heterocycles. The van der Waals surface area contributed by atoms with E-state index in [4.69, 9.17) is 19.3 Å². The molecule has 0 saturated carbocycles. The van der Waals surface area contributed by atoms with Crippen molar-refractivity contribution in [2.75, 3.05) is 13.2 Å². The summed E-state index contributed by atoms with van der Waals surface area (Å²) in [6.07, 6.45) is 17.2. The van der Waals surface area contributed by atoms with Gasteiger partial charge in [-0.3, -0.25) is 14.1 Å². The first-order valence-corrected chi connectivity index (χ1v) is 14.9. The number of hydrogen-bond donors (Lipinski definition) is 2. The van der Waals surface area contributed by atoms with Crippen LogP contribution in [0.15, 0.2) is 0 Å². The molecule has 1 atom stereocenters. The molecule has 0 aromatic heterocycles. The Kier molecular flexibility index (Phi) is 21.9. The van der Waals surface area contributed by atoms with Gasteiger partial charge in [0.25, 0.3) is 0 Å². The van der Waals surface area contributed by atoms with E-state index in [-0.39, 0.29) is 19.4 Å². The first kappa shape index (κ1) is 33.0. The number of carbonyl (C=O) groups is 2. The smallest absolute Gasteiger partial charge is 0.462 e. The van der Waals surface area contributed by atoms with Crippen molar-refractivity contribution >= 4 is 19.8 Å². The molecule has 34 heavy (non-hydrogen) atoms. The van der Waals surface area contributed by atoms with Gasteiger partial charge in [-0.1, -0.05) is 104 Å². The molecule has 202 valence electrons. The van der Waals surface area contributed by atoms with Crippen LogP contribution in [-0.2, 0) is 28.2 Å². The average Bonchev–Trinajstić information content (AvgIpc) is 2.78. The van der Waals surface area contributed by atoms with Gasteiger partial charge >= 0.3 is 19.8 Å². The highest BCUT2D eigenvalue weighted by Crippen LogP contribution is 2.35. The maximum atomic E-state index is 12.1. The zero-order valence-corrected chi connectivity index (χ0v) is 22.4. The molecular formula is C25H49O8P. The van der Waals surface area contributed by atoms with Crippen molar-refractivity contribution in [3.05, 3.63) is 0 Å². The SMILES string of the molecule is CCCCCCCCCCCC(=O)O[C@H](COC(=O)CCCCCCCCC)COP(=O)(O)O. The minimum absolute atomic E-state index is 0.216. The summed E-state index contributed by atoms with van der Waals surface area (Å²) in [5, 5.41) is 0. The minimum atomic E-state index is -4.72. The Morgan fingerprint density at radius 1 is 0.647 bits per heavy atom. The highest BCUT2D eigenvalue weighted by atomic mass is 31.2. The summed E-state index contributed by atoms with van der Waals surface area (Å²) in [6.45, 7) is 3.56. The monoisotopic (exact) mass is 508 g/mol. The summed E-state index contributed by atoms with van der Waals surface area (Å²) >= 11 is 0. The van der Waals surface area contributed by atoms with E-state index in [9.17, 15) is 14.2 Å². The van der Waals surface area contributed by atoms with Gasteiger partial charge < -0.3 is 19.3 Å². The quantitative estimate of drug-likeness (QED) is 0.0849. The van der Waals surface area contributed by atoms with Gasteiger partial charge in [0.2, 0.25) is 0 Å². The zero-order valence-electron chi connectivity index (χ0n) is 21.5. The van der Waals surface area contributed by atoms with Crippen LogP contribution in [0.25, 0.3) is 0 Å². The van der Waals surface area contributed by atoms with Crippen molar-refractivity contribution in [3.8, 4) is 0 Å². The molecule has 0 bridgehead atoms. The van der Waals surface area contributed by atoms with Crippen LogP contribution in [0.3, 0.4) is 0 Å². The van der Waals surface area contributed by atoms with Crippen molar-refractivity contribution in [3.63, 3.8) is 0 Å². The predicted molar refractivity (Wildman–Crippen MR) is 133 cm³/mol. The zero-order chi connectivity index (χ0) is 25.5. The van der Waals surface area contributed by atoms with Crippen molar-refractivity contribution in [1.29, 1.82) is 0 Å². The third kappa shape index (κ3) is 24.2. The topological polar surface area (TPSA) is 119 Å². The second-order valence-corrected chi connectivity index (χ2v) is 10.3. The maximum absolute atomic E-state index is 12.1. The van der Waals surface area contributed by atoms with E-state index in [0.29, 0.717) is 6.42 Å². The molecule has 2 N–H and O–H groups in total. The summed E-state index contributed by atoms with van der Waals surface area (Å²) in [5.74, 6) is -0.893. The number of rotatable bonds is 24. The second kappa shape index (κ2) is 22.5. The van der Waals surface area contributed by atoms with Gasteiger partial charge in [-0.2, -0.15) is 0 Å². The summed E-state index contributed by atoms with van der Waals surface area (Å²) < 4.78 is 25.9. The van der Waals surface area contributed by atoms with Crippen molar-refractivity contribution < 1.29 is 37.9 Å². The summed E-state index contributed by atoms with van der Waals surface area (Å²) in [7, 11) is -4.72. The van der Waals surface area contributed by atoms with Gasteiger partial charge in [0, 0.05) is 12.8 Å². The van der Waals surface area contributed by atoms with Crippen LogP contribution in [0.2, 0.25) is 0 Å². The van der Waals surface area contributed by atoms with Gasteiger partial charge in [0.1, 0.15) is 6.61 Å². The van der Waals surface area contributed by atoms with Gasteiger partial charge in [-0.25, -0.2) is 4.57 Å². The Morgan fingerprint density at radius 3 is 1.50 bits per heavy atom. The fraction of sp³-hybridized carbons (Fsp3) is 0.920. The van der Waals surface area contributed by atoms with Crippen LogP contribution < -0.4 is 0 Å². The van der Waals surface area contributed by atoms with Crippen LogP contribution in [0, 0.1) is 0 Å². The summed E-state index contributed by atoms with van der Waals surface area (Å²) in [4.78, 5) is 42.0. The lowest BCUT2D eigenvalue weighted by Gasteiger charge is -2.18. The van der Waals surface area contributed by atoms with E-state index in [1.54, 1.807) is 0 Å². The molecule has 0 spiro atoms. The van der Waals surface area contributed by atoms with Crippen LogP contribution in [-0.4, -0.2) is 41.0 Å². The largest absolute Gasteiger partial charge is 0.469 e. The number of unbranched alkanes of at least 4 members (excludes halogenated alkanes) is 14. The van der Waals surface area contributed by atoms with Gasteiger partial charge in [-0.05, 0) is 12.8 Å². The Labute approximate surface area is 206 Å². The molecule has 8 nitrogen and oxygen atoms in total. The molecule has 0 aliphatic carbocycles. The van der Waals surface area contributed by atoms with E-state index in [1.165, 1.54) is 57.8 Å². The van der Waals surface area contributed by atoms with E-state index in [2.05, 4.69) is 18.4 Å². The van der Waals surface area contributed by atoms with Crippen molar-refractivity contribution in [2.45, 2.75) is 136 Å². The third-order valence-electron chi connectivity index (χ3n) is 5.63. The first-order valence-electron chi connectivity index (χ1n) is 13.3. The molecule has 0 aromatic rings. The number of ether oxygens (including phenoxy) is 2. The molecule has 0 heterocycles. The van der Waals surface area contributed by atoms with Gasteiger partial charge in [0.05, 0.1) is 6.61 Å². The Bertz CT molecular complexity index is 549. The number of phosphoric acid groups is 1. The third-order valence-corrected chi connectivity index (χ3v) is 6.11. The Balaban J connectivity index is 4.12. The molecule has 0 radical (unpaired) electrons. The molecule has 0 aliphatic rings. The predicted octanol–water partition coefficient (Wildman–Crippen LogP) is 6.61. The lowest BCUT2D eigenvalue weighted by atomic mass is 10.1. The highest BCUT2D eigenvalue weighted by Gasteiger charge is 2.22. The lowest BCUT2D eigenvalue weighted by molar-refractivity contribution is -0.161. The number of hydrogen-bond acceptors (Lipinski definition) is 6. The average molecular weight is 509 g/mol. The number of esters is 2. The number of phosphoric ester groups is 1. The van der Waals surface area contributed by atoms with Crippen molar-refractivity contribution in [2.24, 2.45) is 0 Å². The van der Waals surface area contributed by atoms with Gasteiger partial charge in [-0.15, -0.1) is 0 Å². The Morgan fingerprint density at radius 2 is 1.06 bits per heavy atom. The van der Waals surface area contributed by atoms with E-state index in [1.807, 2.05) is 0 Å². The molecule has 0 aromatic carbocycles. The van der Waals surface area contributed by atoms with E-state index in [0.717, 1.165) is 38.5 Å². The molecule has 0 unspecified atom stereocenters. The molecule has 0 fully saturated rings. The van der Waals surface area contributed by atoms with Crippen molar-refractivity contribution in [1.82, 2.24) is 0 Å². The summed E-state index contributed by atoms with van der Waals surface area (Å²) in [6, 6.07) is 0. The normalized spacial score (nSPS) is 12.5. The Hall–Kier alpha value is -0.950. The molecule has 0 saturated heterocycles. The molecule has 0 rings (SSSR count). The number of carbonyl (C=O) groups excluding carboxylic acids is 2. The maximum Gasteiger partial charge on any atom is 0.469 e. The lowest BCUT2D eigenvalue weighted by Crippen LogP contribution is -2.29. The molecular weight excluding hydrogens is 459 g/mol. The van der Waals surface area contributed by atoms with Gasteiger partial charge in [0.15, 0.2) is 6.10 Å². The van der Waals surface area contributed by atoms with Crippen LogP contribution in [0.1, 0.15) is 129 Å². The summed E-state index contributed by atoms with van der Waals surface area (Å²) in [5.41, 5.74) is 0. The highest BCUT2D eigenvalue weighted by molar-refractivity contribution is 7.46. The van der Waals surface area contributed by atoms with Crippen LogP contribution >= 0.6 is 7.82 Å². The first-order chi connectivity index (χ1) is 16.3. The minimum Gasteiger partial charge on any atom is -0.462 e. The van der Waals surface area contributed by atoms with E-state index < -0.39 is 32.5 Å². The van der Waals surface area contributed by atoms with Crippen LogP contribution in [0.4, 0.5) is 0 Å². The van der Waals surface area contributed by atoms with E-state index >= 15 is 0 Å². The fourth-order valence-corrected chi connectivity index (χ4v) is 3.97. The molecule has 9 heteroatoms.